The second-order valence-corrected chi connectivity index (χ2v) is 4.60. The van der Waals surface area contributed by atoms with Crippen molar-refractivity contribution in [2.45, 2.75) is 37.9 Å². The molecule has 0 amide bonds. The molecule has 0 N–H and O–H groups in total. The van der Waals surface area contributed by atoms with Gasteiger partial charge in [-0.3, -0.25) is 0 Å². The molecule has 2 rings (SSSR count). The largest absolute Gasteiger partial charge is 0.370 e. The number of ether oxygens (including phenoxy) is 1. The predicted molar refractivity (Wildman–Crippen MR) is 72.1 cm³/mol. The van der Waals surface area contributed by atoms with Crippen LogP contribution in [0.3, 0.4) is 0 Å². The van der Waals surface area contributed by atoms with Crippen LogP contribution >= 0.6 is 0 Å². The lowest BCUT2D eigenvalue weighted by Crippen LogP contribution is -2.28. The van der Waals surface area contributed by atoms with E-state index < -0.39 is 0 Å². The van der Waals surface area contributed by atoms with E-state index >= 15 is 0 Å². The third kappa shape index (κ3) is 3.07. The van der Waals surface area contributed by atoms with E-state index in [2.05, 4.69) is 56.0 Å². The summed E-state index contributed by atoms with van der Waals surface area (Å²) in [7, 11) is 0. The lowest BCUT2D eigenvalue weighted by Gasteiger charge is -2.30. The lowest BCUT2D eigenvalue weighted by atomic mass is 9.91. The molecule has 0 spiro atoms. The summed E-state index contributed by atoms with van der Waals surface area (Å²) in [6.45, 7) is 6.01. The Morgan fingerprint density at radius 1 is 1.41 bits per heavy atom. The van der Waals surface area contributed by atoms with Gasteiger partial charge in [-0.05, 0) is 18.4 Å². The van der Waals surface area contributed by atoms with Gasteiger partial charge in [0.05, 0.1) is 12.2 Å². The van der Waals surface area contributed by atoms with Crippen molar-refractivity contribution in [2.24, 2.45) is 0 Å². The van der Waals surface area contributed by atoms with Crippen molar-refractivity contribution in [3.8, 4) is 0 Å². The fourth-order valence-corrected chi connectivity index (χ4v) is 2.28. The van der Waals surface area contributed by atoms with Crippen LogP contribution < -0.4 is 0 Å². The average Bonchev–Trinajstić information content (AvgIpc) is 2.40. The predicted octanol–water partition coefficient (Wildman–Crippen LogP) is 4.08. The van der Waals surface area contributed by atoms with Gasteiger partial charge in [-0.2, -0.15) is 0 Å². The first-order valence-corrected chi connectivity index (χ1v) is 6.29. The Morgan fingerprint density at radius 2 is 2.18 bits per heavy atom. The summed E-state index contributed by atoms with van der Waals surface area (Å²) in [6.07, 6.45) is 8.70. The molecule has 1 heteroatoms. The van der Waals surface area contributed by atoms with Crippen LogP contribution in [0.25, 0.3) is 0 Å². The Morgan fingerprint density at radius 3 is 2.88 bits per heavy atom. The van der Waals surface area contributed by atoms with Crippen LogP contribution in [0.1, 0.15) is 31.2 Å². The topological polar surface area (TPSA) is 9.23 Å². The van der Waals surface area contributed by atoms with Gasteiger partial charge in [-0.15, -0.1) is 6.58 Å². The molecule has 90 valence electrons. The van der Waals surface area contributed by atoms with Crippen LogP contribution in [0.4, 0.5) is 0 Å². The summed E-state index contributed by atoms with van der Waals surface area (Å²) < 4.78 is 6.08. The zero-order valence-corrected chi connectivity index (χ0v) is 10.4. The third-order valence-corrected chi connectivity index (χ3v) is 3.35. The molecular formula is C16H20O. The molecule has 0 unspecified atom stereocenters. The molecule has 0 fully saturated rings. The van der Waals surface area contributed by atoms with Crippen molar-refractivity contribution in [2.75, 3.05) is 0 Å². The van der Waals surface area contributed by atoms with Gasteiger partial charge in [0.15, 0.2) is 0 Å². The fraction of sp³-hybridized carbons (Fsp3) is 0.375. The molecule has 3 atom stereocenters. The number of benzene rings is 1. The summed E-state index contributed by atoms with van der Waals surface area (Å²) in [5.41, 5.74) is 1.35. The van der Waals surface area contributed by atoms with Crippen molar-refractivity contribution in [1.82, 2.24) is 0 Å². The van der Waals surface area contributed by atoms with E-state index in [1.807, 2.05) is 6.08 Å². The van der Waals surface area contributed by atoms with Gasteiger partial charge in [-0.25, -0.2) is 0 Å². The standard InChI is InChI=1S/C16H20O/c1-3-8-15-11-7-12-16(17-15)13(2)14-9-5-4-6-10-14/h3-7,9-11,13,15-16H,1,8,12H2,2H3/t13-,15+,16-/m1/s1. The van der Waals surface area contributed by atoms with Gasteiger partial charge in [0.25, 0.3) is 0 Å². The Balaban J connectivity index is 2.03. The van der Waals surface area contributed by atoms with E-state index in [0.29, 0.717) is 5.92 Å². The van der Waals surface area contributed by atoms with Gasteiger partial charge in [0.1, 0.15) is 0 Å². The van der Waals surface area contributed by atoms with Crippen LogP contribution in [0.2, 0.25) is 0 Å². The molecule has 1 aromatic carbocycles. The van der Waals surface area contributed by atoms with E-state index in [0.717, 1.165) is 12.8 Å². The zero-order valence-electron chi connectivity index (χ0n) is 10.4. The fourth-order valence-electron chi connectivity index (χ4n) is 2.28. The van der Waals surface area contributed by atoms with E-state index in [1.54, 1.807) is 0 Å². The lowest BCUT2D eigenvalue weighted by molar-refractivity contribution is -0.00476. The second kappa shape index (κ2) is 5.83. The molecule has 17 heavy (non-hydrogen) atoms. The van der Waals surface area contributed by atoms with Gasteiger partial charge >= 0.3 is 0 Å². The summed E-state index contributed by atoms with van der Waals surface area (Å²) >= 11 is 0. The molecule has 0 bridgehead atoms. The maximum Gasteiger partial charge on any atom is 0.0794 e. The molecule has 1 aliphatic heterocycles. The summed E-state index contributed by atoms with van der Waals surface area (Å²) in [5.74, 6) is 0.438. The minimum Gasteiger partial charge on any atom is -0.370 e. The molecular weight excluding hydrogens is 208 g/mol. The molecule has 0 aromatic heterocycles. The summed E-state index contributed by atoms with van der Waals surface area (Å²) in [6, 6.07) is 10.6. The van der Waals surface area contributed by atoms with Crippen molar-refractivity contribution < 1.29 is 4.74 Å². The normalized spacial score (nSPS) is 25.5. The van der Waals surface area contributed by atoms with Gasteiger partial charge < -0.3 is 4.74 Å². The highest BCUT2D eigenvalue weighted by Crippen LogP contribution is 2.28. The van der Waals surface area contributed by atoms with Crippen LogP contribution in [0, 0.1) is 0 Å². The smallest absolute Gasteiger partial charge is 0.0794 e. The van der Waals surface area contributed by atoms with Crippen molar-refractivity contribution in [3.63, 3.8) is 0 Å². The first-order chi connectivity index (χ1) is 8.31. The molecule has 1 heterocycles. The van der Waals surface area contributed by atoms with Gasteiger partial charge in [0.2, 0.25) is 0 Å². The van der Waals surface area contributed by atoms with Crippen molar-refractivity contribution in [3.05, 3.63) is 60.7 Å². The Hall–Kier alpha value is -1.34. The highest BCUT2D eigenvalue weighted by Gasteiger charge is 2.23. The van der Waals surface area contributed by atoms with Crippen LogP contribution in [-0.4, -0.2) is 12.2 Å². The highest BCUT2D eigenvalue weighted by molar-refractivity contribution is 5.21. The minimum absolute atomic E-state index is 0.206. The maximum absolute atomic E-state index is 6.08. The number of hydrogen-bond acceptors (Lipinski definition) is 1. The van der Waals surface area contributed by atoms with Gasteiger partial charge in [-0.1, -0.05) is 55.5 Å². The quantitative estimate of drug-likeness (QED) is 0.706. The van der Waals surface area contributed by atoms with E-state index in [4.69, 9.17) is 4.74 Å². The molecule has 0 saturated heterocycles. The number of rotatable bonds is 4. The van der Waals surface area contributed by atoms with Crippen LogP contribution in [0.5, 0.6) is 0 Å². The Labute approximate surface area is 104 Å². The molecule has 0 saturated carbocycles. The Kier molecular flexibility index (Phi) is 4.16. The van der Waals surface area contributed by atoms with Crippen molar-refractivity contribution >= 4 is 0 Å². The highest BCUT2D eigenvalue weighted by atomic mass is 16.5. The average molecular weight is 228 g/mol. The first kappa shape index (κ1) is 12.1. The first-order valence-electron chi connectivity index (χ1n) is 6.29. The van der Waals surface area contributed by atoms with Crippen molar-refractivity contribution in [1.29, 1.82) is 0 Å². The molecule has 1 nitrogen and oxygen atoms in total. The SMILES string of the molecule is C=CC[C@H]1C=CC[C@H]([C@H](C)c2ccccc2)O1. The molecule has 0 radical (unpaired) electrons. The third-order valence-electron chi connectivity index (χ3n) is 3.35. The van der Waals surface area contributed by atoms with E-state index in [9.17, 15) is 0 Å². The Bertz CT molecular complexity index is 380. The summed E-state index contributed by atoms with van der Waals surface area (Å²) in [4.78, 5) is 0. The molecule has 1 aromatic rings. The number of hydrogen-bond donors (Lipinski definition) is 0. The maximum atomic E-state index is 6.08. The second-order valence-electron chi connectivity index (χ2n) is 4.60. The zero-order chi connectivity index (χ0) is 12.1. The molecule has 1 aliphatic rings. The van der Waals surface area contributed by atoms with E-state index in [1.165, 1.54) is 5.56 Å². The van der Waals surface area contributed by atoms with Gasteiger partial charge in [0, 0.05) is 5.92 Å². The molecule has 0 aliphatic carbocycles. The van der Waals surface area contributed by atoms with Crippen LogP contribution in [0.15, 0.2) is 55.1 Å². The minimum atomic E-state index is 0.206. The van der Waals surface area contributed by atoms with E-state index in [-0.39, 0.29) is 12.2 Å². The summed E-state index contributed by atoms with van der Waals surface area (Å²) in [5, 5.41) is 0. The van der Waals surface area contributed by atoms with Crippen LogP contribution in [-0.2, 0) is 4.74 Å². The monoisotopic (exact) mass is 228 g/mol.